The molecular weight excluding hydrogens is 326 g/mol. The number of furan rings is 1. The first-order chi connectivity index (χ1) is 11.8. The molecule has 1 aromatic heterocycles. The Balaban J connectivity index is 1.76. The molecule has 1 unspecified atom stereocenters. The van der Waals surface area contributed by atoms with Crippen LogP contribution in [0.5, 0.6) is 0 Å². The first-order valence-electron chi connectivity index (χ1n) is 7.85. The topological polar surface area (TPSA) is 110 Å². The number of allylic oxidation sites excluding steroid dienone is 1. The van der Waals surface area contributed by atoms with Crippen molar-refractivity contribution in [2.75, 3.05) is 13.1 Å². The summed E-state index contributed by atoms with van der Waals surface area (Å²) in [5.74, 6) is -1.56. The van der Waals surface area contributed by atoms with Crippen LogP contribution in [0.2, 0.25) is 0 Å². The first kappa shape index (κ1) is 18.4. The number of nitrogens with zero attached hydrogens (tertiary/aromatic N) is 1. The maximum atomic E-state index is 12.1. The highest BCUT2D eigenvalue weighted by atomic mass is 16.6. The van der Waals surface area contributed by atoms with E-state index in [9.17, 15) is 14.4 Å². The second kappa shape index (κ2) is 7.78. The summed E-state index contributed by atoms with van der Waals surface area (Å²) in [6.45, 7) is 5.63. The predicted molar refractivity (Wildman–Crippen MR) is 90.1 cm³/mol. The lowest BCUT2D eigenvalue weighted by Crippen LogP contribution is -2.41. The molecule has 1 aromatic rings. The third-order valence-electron chi connectivity index (χ3n) is 3.09. The quantitative estimate of drug-likeness (QED) is 0.618. The second-order valence-corrected chi connectivity index (χ2v) is 6.37. The van der Waals surface area contributed by atoms with Crippen LogP contribution in [0.1, 0.15) is 26.5 Å². The summed E-state index contributed by atoms with van der Waals surface area (Å²) in [5, 5.41) is 5.09. The van der Waals surface area contributed by atoms with Crippen LogP contribution < -0.4 is 10.6 Å². The van der Waals surface area contributed by atoms with E-state index >= 15 is 0 Å². The van der Waals surface area contributed by atoms with Gasteiger partial charge in [-0.1, -0.05) is 6.08 Å². The summed E-state index contributed by atoms with van der Waals surface area (Å²) in [6, 6.07) is 3.37. The van der Waals surface area contributed by atoms with Crippen LogP contribution in [0, 0.1) is 5.92 Å². The average Bonchev–Trinajstić information content (AvgIpc) is 3.04. The van der Waals surface area contributed by atoms with Crippen molar-refractivity contribution in [2.45, 2.75) is 26.4 Å². The van der Waals surface area contributed by atoms with E-state index in [0.717, 1.165) is 0 Å². The van der Waals surface area contributed by atoms with Gasteiger partial charge in [0.1, 0.15) is 17.2 Å². The van der Waals surface area contributed by atoms with E-state index in [1.54, 1.807) is 39.0 Å². The number of carbonyl (C=O) groups excluding carboxylic acids is 3. The Morgan fingerprint density at radius 1 is 1.28 bits per heavy atom. The van der Waals surface area contributed by atoms with E-state index in [4.69, 9.17) is 9.15 Å². The number of alkyl carbamates (subject to hydrolysis) is 1. The SMILES string of the molecule is CC(C)(C)OC(=O)NCCNC(=O)C1C=CC(c2ccco2)=NC1=O. The van der Waals surface area contributed by atoms with Gasteiger partial charge >= 0.3 is 6.09 Å². The zero-order chi connectivity index (χ0) is 18.4. The molecule has 2 rings (SSSR count). The molecule has 0 aliphatic carbocycles. The Morgan fingerprint density at radius 2 is 2.00 bits per heavy atom. The molecule has 0 spiro atoms. The van der Waals surface area contributed by atoms with Crippen LogP contribution >= 0.6 is 0 Å². The molecule has 3 amide bonds. The predicted octanol–water partition coefficient (Wildman–Crippen LogP) is 1.42. The molecule has 0 saturated carbocycles. The molecule has 134 valence electrons. The van der Waals surface area contributed by atoms with Crippen molar-refractivity contribution in [1.82, 2.24) is 10.6 Å². The van der Waals surface area contributed by atoms with Crippen molar-refractivity contribution < 1.29 is 23.5 Å². The van der Waals surface area contributed by atoms with Crippen molar-refractivity contribution in [1.29, 1.82) is 0 Å². The smallest absolute Gasteiger partial charge is 0.407 e. The molecule has 0 fully saturated rings. The summed E-state index contributed by atoms with van der Waals surface area (Å²) >= 11 is 0. The number of nitrogens with one attached hydrogen (secondary N) is 2. The summed E-state index contributed by atoms with van der Waals surface area (Å²) in [6.07, 6.45) is 3.96. The van der Waals surface area contributed by atoms with Gasteiger partial charge in [0.05, 0.1) is 6.26 Å². The van der Waals surface area contributed by atoms with Crippen molar-refractivity contribution >= 4 is 23.6 Å². The normalized spacial score (nSPS) is 17.0. The molecule has 1 aliphatic rings. The Labute approximate surface area is 145 Å². The van der Waals surface area contributed by atoms with Gasteiger partial charge in [-0.3, -0.25) is 9.59 Å². The van der Waals surface area contributed by atoms with Gasteiger partial charge in [-0.25, -0.2) is 9.79 Å². The minimum atomic E-state index is -0.986. The van der Waals surface area contributed by atoms with Crippen LogP contribution in [0.15, 0.2) is 40.0 Å². The van der Waals surface area contributed by atoms with Gasteiger partial charge < -0.3 is 19.8 Å². The molecule has 0 saturated heterocycles. The third kappa shape index (κ3) is 5.59. The molecule has 8 heteroatoms. The van der Waals surface area contributed by atoms with E-state index in [2.05, 4.69) is 15.6 Å². The molecule has 0 aromatic carbocycles. The lowest BCUT2D eigenvalue weighted by molar-refractivity contribution is -0.131. The van der Waals surface area contributed by atoms with Crippen molar-refractivity contribution in [3.05, 3.63) is 36.3 Å². The van der Waals surface area contributed by atoms with Gasteiger partial charge in [0.2, 0.25) is 5.91 Å². The van der Waals surface area contributed by atoms with Crippen LogP contribution in [-0.4, -0.2) is 42.3 Å². The van der Waals surface area contributed by atoms with Gasteiger partial charge in [-0.15, -0.1) is 0 Å². The summed E-state index contributed by atoms with van der Waals surface area (Å²) < 4.78 is 10.2. The molecule has 0 radical (unpaired) electrons. The fourth-order valence-corrected chi connectivity index (χ4v) is 2.03. The highest BCUT2D eigenvalue weighted by molar-refractivity contribution is 6.17. The summed E-state index contributed by atoms with van der Waals surface area (Å²) in [4.78, 5) is 39.4. The fraction of sp³-hybridized carbons (Fsp3) is 0.412. The number of hydrogen-bond donors (Lipinski definition) is 2. The van der Waals surface area contributed by atoms with Crippen LogP contribution in [0.25, 0.3) is 0 Å². The van der Waals surface area contributed by atoms with Crippen molar-refractivity contribution in [3.8, 4) is 0 Å². The number of dihydropyridines is 1. The minimum absolute atomic E-state index is 0.171. The Bertz CT molecular complexity index is 698. The van der Waals surface area contributed by atoms with E-state index in [-0.39, 0.29) is 13.1 Å². The van der Waals surface area contributed by atoms with E-state index in [1.807, 2.05) is 0 Å². The standard InChI is InChI=1S/C17H21N3O5/c1-17(2,3)25-16(23)19-9-8-18-14(21)11-6-7-12(20-15(11)22)13-5-4-10-24-13/h4-7,10-11H,8-9H2,1-3H3,(H,18,21)(H,19,23). The molecular formula is C17H21N3O5. The van der Waals surface area contributed by atoms with E-state index in [0.29, 0.717) is 11.5 Å². The summed E-state index contributed by atoms with van der Waals surface area (Å²) in [5.41, 5.74) is -0.207. The van der Waals surface area contributed by atoms with E-state index < -0.39 is 29.4 Å². The molecule has 2 heterocycles. The van der Waals surface area contributed by atoms with Crippen LogP contribution in [0.4, 0.5) is 4.79 Å². The third-order valence-corrected chi connectivity index (χ3v) is 3.09. The molecule has 25 heavy (non-hydrogen) atoms. The van der Waals surface area contributed by atoms with Crippen LogP contribution in [-0.2, 0) is 14.3 Å². The monoisotopic (exact) mass is 347 g/mol. The first-order valence-corrected chi connectivity index (χ1v) is 7.85. The second-order valence-electron chi connectivity index (χ2n) is 6.37. The van der Waals surface area contributed by atoms with E-state index in [1.165, 1.54) is 12.3 Å². The lowest BCUT2D eigenvalue weighted by Gasteiger charge is -2.19. The van der Waals surface area contributed by atoms with Crippen molar-refractivity contribution in [2.24, 2.45) is 10.9 Å². The maximum Gasteiger partial charge on any atom is 0.407 e. The Kier molecular flexibility index (Phi) is 5.74. The van der Waals surface area contributed by atoms with Gasteiger partial charge in [0.25, 0.3) is 5.91 Å². The highest BCUT2D eigenvalue weighted by Crippen LogP contribution is 2.13. The van der Waals surface area contributed by atoms with Crippen LogP contribution in [0.3, 0.4) is 0 Å². The zero-order valence-electron chi connectivity index (χ0n) is 14.4. The number of aliphatic imine (C=N–C) groups is 1. The number of hydrogen-bond acceptors (Lipinski definition) is 5. The molecule has 1 atom stereocenters. The fourth-order valence-electron chi connectivity index (χ4n) is 2.03. The number of ether oxygens (including phenoxy) is 1. The molecule has 0 bridgehead atoms. The Morgan fingerprint density at radius 3 is 2.60 bits per heavy atom. The maximum absolute atomic E-state index is 12.1. The largest absolute Gasteiger partial charge is 0.463 e. The number of rotatable bonds is 5. The summed E-state index contributed by atoms with van der Waals surface area (Å²) in [7, 11) is 0. The molecule has 2 N–H and O–H groups in total. The van der Waals surface area contributed by atoms with Gasteiger partial charge in [0, 0.05) is 13.1 Å². The highest BCUT2D eigenvalue weighted by Gasteiger charge is 2.27. The minimum Gasteiger partial charge on any atom is -0.463 e. The lowest BCUT2D eigenvalue weighted by atomic mass is 10.0. The molecule has 1 aliphatic heterocycles. The zero-order valence-corrected chi connectivity index (χ0v) is 14.4. The number of amides is 3. The van der Waals surface area contributed by atoms with Crippen molar-refractivity contribution in [3.63, 3.8) is 0 Å². The van der Waals surface area contributed by atoms with Gasteiger partial charge in [-0.05, 0) is 39.0 Å². The average molecular weight is 347 g/mol. The van der Waals surface area contributed by atoms with Gasteiger partial charge in [0.15, 0.2) is 5.76 Å². The number of carbonyl (C=O) groups is 3. The van der Waals surface area contributed by atoms with Gasteiger partial charge in [-0.2, -0.15) is 0 Å². The Hall–Kier alpha value is -2.90. The molecule has 8 nitrogen and oxygen atoms in total.